The highest BCUT2D eigenvalue weighted by Gasteiger charge is 2.47. The number of carbonyl (C=O) groups is 1. The third kappa shape index (κ3) is 2.96. The van der Waals surface area contributed by atoms with E-state index >= 15 is 0 Å². The van der Waals surface area contributed by atoms with Crippen LogP contribution in [0.3, 0.4) is 0 Å². The number of rotatable bonds is 4. The van der Waals surface area contributed by atoms with Gasteiger partial charge in [0.2, 0.25) is 0 Å². The van der Waals surface area contributed by atoms with Crippen molar-refractivity contribution in [3.05, 3.63) is 36.0 Å². The van der Waals surface area contributed by atoms with E-state index in [9.17, 15) is 4.79 Å². The van der Waals surface area contributed by atoms with E-state index in [1.807, 2.05) is 35.4 Å². The molecule has 1 saturated carbocycles. The first-order valence-electron chi connectivity index (χ1n) is 9.33. The molecular formula is C20H24N2O3. The van der Waals surface area contributed by atoms with Gasteiger partial charge >= 0.3 is 0 Å². The maximum absolute atomic E-state index is 12.9. The van der Waals surface area contributed by atoms with Crippen molar-refractivity contribution in [1.29, 1.82) is 0 Å². The summed E-state index contributed by atoms with van der Waals surface area (Å²) in [7, 11) is 0. The van der Waals surface area contributed by atoms with Gasteiger partial charge in [0.1, 0.15) is 0 Å². The van der Waals surface area contributed by atoms with Crippen LogP contribution in [0.1, 0.15) is 36.0 Å². The molecule has 2 atom stereocenters. The Morgan fingerprint density at radius 1 is 1.36 bits per heavy atom. The lowest BCUT2D eigenvalue weighted by molar-refractivity contribution is 0.00157. The van der Waals surface area contributed by atoms with E-state index in [1.165, 1.54) is 12.8 Å². The normalized spacial score (nSPS) is 29.1. The maximum Gasteiger partial charge on any atom is 0.254 e. The van der Waals surface area contributed by atoms with Gasteiger partial charge in [0, 0.05) is 36.8 Å². The van der Waals surface area contributed by atoms with Crippen molar-refractivity contribution in [3.63, 3.8) is 0 Å². The smallest absolute Gasteiger partial charge is 0.254 e. The van der Waals surface area contributed by atoms with Gasteiger partial charge < -0.3 is 19.4 Å². The molecule has 1 aromatic heterocycles. The highest BCUT2D eigenvalue weighted by molar-refractivity contribution is 5.98. The molecule has 1 N–H and O–H groups in total. The number of nitrogens with one attached hydrogen (secondary N) is 1. The molecule has 0 radical (unpaired) electrons. The number of hydrogen-bond acceptors (Lipinski definition) is 3. The summed E-state index contributed by atoms with van der Waals surface area (Å²) < 4.78 is 12.1. The average molecular weight is 340 g/mol. The van der Waals surface area contributed by atoms with Crippen LogP contribution in [0, 0.1) is 5.92 Å². The number of fused-ring (bicyclic) bond motifs is 1. The summed E-state index contributed by atoms with van der Waals surface area (Å²) in [6.45, 7) is 2.99. The van der Waals surface area contributed by atoms with Gasteiger partial charge in [-0.1, -0.05) is 6.07 Å². The van der Waals surface area contributed by atoms with E-state index in [0.717, 1.165) is 48.4 Å². The molecule has 3 aliphatic rings. The molecule has 2 aliphatic heterocycles. The Kier molecular flexibility index (Phi) is 3.61. The predicted octanol–water partition coefficient (Wildman–Crippen LogP) is 2.97. The molecule has 0 unspecified atom stereocenters. The van der Waals surface area contributed by atoms with Gasteiger partial charge in [-0.2, -0.15) is 0 Å². The van der Waals surface area contributed by atoms with E-state index in [1.54, 1.807) is 0 Å². The Balaban J connectivity index is 1.24. The van der Waals surface area contributed by atoms with Gasteiger partial charge in [-0.25, -0.2) is 0 Å². The van der Waals surface area contributed by atoms with Crippen molar-refractivity contribution in [2.45, 2.75) is 37.4 Å². The zero-order valence-corrected chi connectivity index (χ0v) is 14.4. The lowest BCUT2D eigenvalue weighted by Gasteiger charge is -2.23. The molecule has 25 heavy (non-hydrogen) atoms. The zero-order chi connectivity index (χ0) is 16.9. The summed E-state index contributed by atoms with van der Waals surface area (Å²) in [6.07, 6.45) is 6.55. The van der Waals surface area contributed by atoms with Gasteiger partial charge in [-0.15, -0.1) is 0 Å². The van der Waals surface area contributed by atoms with E-state index in [4.69, 9.17) is 9.47 Å². The SMILES string of the molecule is O=C(c1ccc2cc[nH]c2c1)N1CC[C@]2(C[C@H](OCC3CC3)CO2)C1. The number of H-pyrrole nitrogens is 1. The van der Waals surface area contributed by atoms with Crippen LogP contribution < -0.4 is 0 Å². The van der Waals surface area contributed by atoms with Crippen LogP contribution >= 0.6 is 0 Å². The van der Waals surface area contributed by atoms with E-state index < -0.39 is 0 Å². The molecule has 5 rings (SSSR count). The van der Waals surface area contributed by atoms with Crippen molar-refractivity contribution in [1.82, 2.24) is 9.88 Å². The van der Waals surface area contributed by atoms with Crippen LogP contribution in [0.5, 0.6) is 0 Å². The van der Waals surface area contributed by atoms with Crippen molar-refractivity contribution < 1.29 is 14.3 Å². The molecule has 5 heteroatoms. The maximum atomic E-state index is 12.9. The number of amides is 1. The summed E-state index contributed by atoms with van der Waals surface area (Å²) in [4.78, 5) is 18.0. The zero-order valence-electron chi connectivity index (χ0n) is 14.4. The standard InChI is InChI=1S/C20H24N2O3/c23-19(16-4-3-15-5-7-21-18(15)9-16)22-8-6-20(13-22)10-17(12-25-20)24-11-14-1-2-14/h3-5,7,9,14,17,21H,1-2,6,8,10-13H2/t17-,20-/m0/s1. The fourth-order valence-electron chi connectivity index (χ4n) is 4.13. The van der Waals surface area contributed by atoms with Gasteiger partial charge in [-0.05, 0) is 48.8 Å². The minimum atomic E-state index is -0.194. The number of ether oxygens (including phenoxy) is 2. The Morgan fingerprint density at radius 2 is 2.28 bits per heavy atom. The van der Waals surface area contributed by atoms with Crippen molar-refractivity contribution in [2.75, 3.05) is 26.3 Å². The number of benzene rings is 1. The van der Waals surface area contributed by atoms with Crippen LogP contribution in [-0.2, 0) is 9.47 Å². The van der Waals surface area contributed by atoms with E-state index in [-0.39, 0.29) is 17.6 Å². The molecule has 5 nitrogen and oxygen atoms in total. The Labute approximate surface area is 147 Å². The fraction of sp³-hybridized carbons (Fsp3) is 0.550. The minimum Gasteiger partial charge on any atom is -0.375 e. The second-order valence-electron chi connectivity index (χ2n) is 7.85. The quantitative estimate of drug-likeness (QED) is 0.931. The lowest BCUT2D eigenvalue weighted by Crippen LogP contribution is -2.36. The molecule has 0 bridgehead atoms. The van der Waals surface area contributed by atoms with Crippen LogP contribution in [0.2, 0.25) is 0 Å². The first kappa shape index (κ1) is 15.4. The topological polar surface area (TPSA) is 54.6 Å². The molecule has 1 spiro atoms. The summed E-state index contributed by atoms with van der Waals surface area (Å²) in [6, 6.07) is 7.88. The number of aromatic amines is 1. The number of hydrogen-bond donors (Lipinski definition) is 1. The van der Waals surface area contributed by atoms with Crippen molar-refractivity contribution >= 4 is 16.8 Å². The molecule has 132 valence electrons. The van der Waals surface area contributed by atoms with Crippen LogP contribution in [0.15, 0.2) is 30.5 Å². The average Bonchev–Trinajstić information content (AvgIpc) is 3.04. The Morgan fingerprint density at radius 3 is 3.16 bits per heavy atom. The summed E-state index contributed by atoms with van der Waals surface area (Å²) >= 11 is 0. The largest absolute Gasteiger partial charge is 0.375 e. The van der Waals surface area contributed by atoms with Crippen LogP contribution in [0.4, 0.5) is 0 Å². The molecule has 3 heterocycles. The summed E-state index contributed by atoms with van der Waals surface area (Å²) in [5.41, 5.74) is 1.55. The highest BCUT2D eigenvalue weighted by Crippen LogP contribution is 2.38. The first-order valence-corrected chi connectivity index (χ1v) is 9.33. The molecular weight excluding hydrogens is 316 g/mol. The first-order chi connectivity index (χ1) is 12.2. The van der Waals surface area contributed by atoms with Crippen LogP contribution in [-0.4, -0.2) is 53.8 Å². The molecule has 1 amide bonds. The third-order valence-electron chi connectivity index (χ3n) is 5.85. The number of likely N-dealkylation sites (tertiary alicyclic amines) is 1. The lowest BCUT2D eigenvalue weighted by atomic mass is 9.98. The molecule has 3 fully saturated rings. The summed E-state index contributed by atoms with van der Waals surface area (Å²) in [5, 5.41) is 1.13. The molecule has 2 saturated heterocycles. The minimum absolute atomic E-state index is 0.0966. The molecule has 1 aromatic carbocycles. The summed E-state index contributed by atoms with van der Waals surface area (Å²) in [5.74, 6) is 0.875. The van der Waals surface area contributed by atoms with Crippen LogP contribution in [0.25, 0.3) is 10.9 Å². The van der Waals surface area contributed by atoms with E-state index in [2.05, 4.69) is 4.98 Å². The van der Waals surface area contributed by atoms with Gasteiger partial charge in [-0.3, -0.25) is 4.79 Å². The monoisotopic (exact) mass is 340 g/mol. The van der Waals surface area contributed by atoms with Gasteiger partial charge in [0.05, 0.1) is 24.9 Å². The number of carbonyl (C=O) groups excluding carboxylic acids is 1. The Hall–Kier alpha value is -1.85. The predicted molar refractivity (Wildman–Crippen MR) is 94.6 cm³/mol. The van der Waals surface area contributed by atoms with E-state index in [0.29, 0.717) is 13.2 Å². The van der Waals surface area contributed by atoms with Gasteiger partial charge in [0.25, 0.3) is 5.91 Å². The number of nitrogens with zero attached hydrogens (tertiary/aromatic N) is 1. The number of aromatic nitrogens is 1. The second kappa shape index (κ2) is 5.85. The van der Waals surface area contributed by atoms with Crippen molar-refractivity contribution in [2.24, 2.45) is 5.92 Å². The van der Waals surface area contributed by atoms with Crippen molar-refractivity contribution in [3.8, 4) is 0 Å². The highest BCUT2D eigenvalue weighted by atomic mass is 16.6. The fourth-order valence-corrected chi connectivity index (χ4v) is 4.13. The third-order valence-corrected chi connectivity index (χ3v) is 5.85. The Bertz CT molecular complexity index is 797. The molecule has 1 aliphatic carbocycles. The second-order valence-corrected chi connectivity index (χ2v) is 7.85. The van der Waals surface area contributed by atoms with Gasteiger partial charge in [0.15, 0.2) is 0 Å². The molecule has 2 aromatic rings.